The van der Waals surface area contributed by atoms with Crippen molar-refractivity contribution in [3.8, 4) is 28.5 Å². The van der Waals surface area contributed by atoms with Crippen molar-refractivity contribution in [1.82, 2.24) is 25.0 Å². The number of aryl methyl sites for hydroxylation is 1. The molecule has 5 aromatic rings. The van der Waals surface area contributed by atoms with E-state index in [1.807, 2.05) is 90.4 Å². The quantitative estimate of drug-likeness (QED) is 0.335. The van der Waals surface area contributed by atoms with Crippen molar-refractivity contribution in [1.29, 1.82) is 0 Å². The van der Waals surface area contributed by atoms with Crippen molar-refractivity contribution in [2.45, 2.75) is 12.1 Å². The van der Waals surface area contributed by atoms with Crippen LogP contribution in [-0.2, 0) is 4.79 Å². The second-order valence-corrected chi connectivity index (χ2v) is 8.40. The van der Waals surface area contributed by atoms with Gasteiger partial charge >= 0.3 is 0 Å². The van der Waals surface area contributed by atoms with E-state index in [4.69, 9.17) is 4.42 Å². The van der Waals surface area contributed by atoms with Gasteiger partial charge in [0.25, 0.3) is 0 Å². The summed E-state index contributed by atoms with van der Waals surface area (Å²) in [4.78, 5) is 12.8. The highest BCUT2D eigenvalue weighted by Crippen LogP contribution is 2.28. The Morgan fingerprint density at radius 3 is 2.44 bits per heavy atom. The van der Waals surface area contributed by atoms with Gasteiger partial charge in [-0.15, -0.1) is 20.4 Å². The van der Waals surface area contributed by atoms with Gasteiger partial charge in [-0.2, -0.15) is 0 Å². The molecule has 2 aromatic heterocycles. The molecule has 0 aliphatic rings. The van der Waals surface area contributed by atoms with Gasteiger partial charge in [0.1, 0.15) is 0 Å². The summed E-state index contributed by atoms with van der Waals surface area (Å²) in [5.74, 6) is 1.14. The first-order valence-corrected chi connectivity index (χ1v) is 11.5. The van der Waals surface area contributed by atoms with Crippen LogP contribution in [0.15, 0.2) is 94.8 Å². The molecule has 0 bridgehead atoms. The minimum Gasteiger partial charge on any atom is -0.423 e. The molecule has 0 atom stereocenters. The Morgan fingerprint density at radius 2 is 1.71 bits per heavy atom. The number of benzene rings is 3. The van der Waals surface area contributed by atoms with Gasteiger partial charge in [-0.25, -0.2) is 0 Å². The molecule has 0 radical (unpaired) electrons. The van der Waals surface area contributed by atoms with Crippen molar-refractivity contribution < 1.29 is 9.21 Å². The third-order valence-electron chi connectivity index (χ3n) is 5.13. The van der Waals surface area contributed by atoms with Crippen LogP contribution < -0.4 is 5.32 Å². The maximum Gasteiger partial charge on any atom is 0.247 e. The van der Waals surface area contributed by atoms with E-state index in [9.17, 15) is 4.79 Å². The number of hydrogen-bond acceptors (Lipinski definition) is 7. The number of rotatable bonds is 7. The zero-order valence-electron chi connectivity index (χ0n) is 18.3. The van der Waals surface area contributed by atoms with Gasteiger partial charge in [-0.05, 0) is 36.8 Å². The van der Waals surface area contributed by atoms with Crippen LogP contribution in [0.5, 0.6) is 0 Å². The van der Waals surface area contributed by atoms with Crippen molar-refractivity contribution >= 4 is 23.4 Å². The Hall–Kier alpha value is -4.24. The third-order valence-corrected chi connectivity index (χ3v) is 6.06. The minimum absolute atomic E-state index is 0.153. The lowest BCUT2D eigenvalue weighted by atomic mass is 10.1. The Balaban J connectivity index is 1.36. The number of para-hydroxylation sites is 1. The number of carbonyl (C=O) groups excluding carboxylic acids is 1. The molecule has 0 saturated carbocycles. The molecule has 0 saturated heterocycles. The molecule has 3 aromatic carbocycles. The molecule has 5 rings (SSSR count). The SMILES string of the molecule is Cc1ccc(-c2nnco2)cc1NC(=O)CSc1nnc(-c2ccccc2)n1-c1ccccc1. The number of anilines is 1. The number of hydrogen-bond donors (Lipinski definition) is 1. The summed E-state index contributed by atoms with van der Waals surface area (Å²) in [6.45, 7) is 1.93. The average Bonchev–Trinajstić information content (AvgIpc) is 3.56. The highest BCUT2D eigenvalue weighted by Gasteiger charge is 2.17. The van der Waals surface area contributed by atoms with Crippen LogP contribution >= 0.6 is 11.8 Å². The van der Waals surface area contributed by atoms with Crippen LogP contribution in [-0.4, -0.2) is 36.6 Å². The lowest BCUT2D eigenvalue weighted by Gasteiger charge is -2.11. The number of thioether (sulfide) groups is 1. The molecular weight excluding hydrogens is 448 g/mol. The van der Waals surface area contributed by atoms with E-state index in [-0.39, 0.29) is 11.7 Å². The largest absolute Gasteiger partial charge is 0.423 e. The smallest absolute Gasteiger partial charge is 0.247 e. The summed E-state index contributed by atoms with van der Waals surface area (Å²) >= 11 is 1.33. The molecule has 0 fully saturated rings. The normalized spacial score (nSPS) is 10.9. The molecule has 9 heteroatoms. The van der Waals surface area contributed by atoms with Gasteiger partial charge in [0.15, 0.2) is 11.0 Å². The maximum absolute atomic E-state index is 12.8. The standard InChI is InChI=1S/C25H20N6O2S/c1-17-12-13-19(24-29-26-16-33-24)14-21(17)27-22(32)15-34-25-30-28-23(18-8-4-2-5-9-18)31(25)20-10-6-3-7-11-20/h2-14,16H,15H2,1H3,(H,27,32). The average molecular weight is 469 g/mol. The van der Waals surface area contributed by atoms with Gasteiger partial charge in [0.2, 0.25) is 18.2 Å². The van der Waals surface area contributed by atoms with E-state index in [2.05, 4.69) is 25.7 Å². The Bertz CT molecular complexity index is 1400. The first kappa shape index (κ1) is 21.6. The lowest BCUT2D eigenvalue weighted by Crippen LogP contribution is -2.15. The highest BCUT2D eigenvalue weighted by atomic mass is 32.2. The molecule has 8 nitrogen and oxygen atoms in total. The summed E-state index contributed by atoms with van der Waals surface area (Å²) in [6.07, 6.45) is 1.27. The van der Waals surface area contributed by atoms with Crippen LogP contribution in [0.2, 0.25) is 0 Å². The van der Waals surface area contributed by atoms with Gasteiger partial charge in [-0.3, -0.25) is 9.36 Å². The summed E-state index contributed by atoms with van der Waals surface area (Å²) in [7, 11) is 0. The maximum atomic E-state index is 12.8. The van der Waals surface area contributed by atoms with Crippen LogP contribution in [0.3, 0.4) is 0 Å². The zero-order chi connectivity index (χ0) is 23.3. The molecular formula is C25H20N6O2S. The summed E-state index contributed by atoms with van der Waals surface area (Å²) in [6, 6.07) is 25.3. The molecule has 1 N–H and O–H groups in total. The molecule has 168 valence electrons. The fourth-order valence-electron chi connectivity index (χ4n) is 3.45. The predicted molar refractivity (Wildman–Crippen MR) is 131 cm³/mol. The number of amides is 1. The molecule has 1 amide bonds. The van der Waals surface area contributed by atoms with E-state index >= 15 is 0 Å². The van der Waals surface area contributed by atoms with E-state index in [0.717, 1.165) is 28.2 Å². The summed E-state index contributed by atoms with van der Waals surface area (Å²) in [5.41, 5.74) is 4.24. The zero-order valence-corrected chi connectivity index (χ0v) is 19.1. The first-order chi connectivity index (χ1) is 16.7. The summed E-state index contributed by atoms with van der Waals surface area (Å²) in [5, 5.41) is 20.0. The van der Waals surface area contributed by atoms with Gasteiger partial charge in [0, 0.05) is 22.5 Å². The number of nitrogens with zero attached hydrogens (tertiary/aromatic N) is 5. The Labute approximate surface area is 200 Å². The van der Waals surface area contributed by atoms with Gasteiger partial charge < -0.3 is 9.73 Å². The second kappa shape index (κ2) is 9.72. The third kappa shape index (κ3) is 4.60. The highest BCUT2D eigenvalue weighted by molar-refractivity contribution is 7.99. The molecule has 0 aliphatic heterocycles. The van der Waals surface area contributed by atoms with Crippen LogP contribution in [0.1, 0.15) is 5.56 Å². The predicted octanol–water partition coefficient (Wildman–Crippen LogP) is 5.02. The number of carbonyl (C=O) groups is 1. The van der Waals surface area contributed by atoms with Crippen LogP contribution in [0.4, 0.5) is 5.69 Å². The summed E-state index contributed by atoms with van der Waals surface area (Å²) < 4.78 is 7.23. The van der Waals surface area contributed by atoms with Crippen molar-refractivity contribution in [3.63, 3.8) is 0 Å². The fraction of sp³-hybridized carbons (Fsp3) is 0.0800. The van der Waals surface area contributed by atoms with E-state index in [1.165, 1.54) is 18.2 Å². The lowest BCUT2D eigenvalue weighted by molar-refractivity contribution is -0.113. The number of aromatic nitrogens is 5. The topological polar surface area (TPSA) is 98.7 Å². The monoisotopic (exact) mass is 468 g/mol. The van der Waals surface area contributed by atoms with Crippen LogP contribution in [0.25, 0.3) is 28.5 Å². The minimum atomic E-state index is -0.153. The van der Waals surface area contributed by atoms with Crippen molar-refractivity contribution in [2.75, 3.05) is 11.1 Å². The van der Waals surface area contributed by atoms with E-state index in [0.29, 0.717) is 16.7 Å². The molecule has 0 aliphatic carbocycles. The first-order valence-electron chi connectivity index (χ1n) is 10.5. The van der Waals surface area contributed by atoms with Crippen molar-refractivity contribution in [3.05, 3.63) is 90.8 Å². The fourth-order valence-corrected chi connectivity index (χ4v) is 4.20. The molecule has 34 heavy (non-hydrogen) atoms. The van der Waals surface area contributed by atoms with E-state index < -0.39 is 0 Å². The van der Waals surface area contributed by atoms with Crippen molar-refractivity contribution in [2.24, 2.45) is 0 Å². The number of nitrogens with one attached hydrogen (secondary N) is 1. The Morgan fingerprint density at radius 1 is 0.941 bits per heavy atom. The van der Waals surface area contributed by atoms with Gasteiger partial charge in [-0.1, -0.05) is 66.4 Å². The molecule has 0 spiro atoms. The molecule has 2 heterocycles. The van der Waals surface area contributed by atoms with Gasteiger partial charge in [0.05, 0.1) is 5.75 Å². The van der Waals surface area contributed by atoms with Crippen LogP contribution in [0, 0.1) is 6.92 Å². The Kier molecular flexibility index (Phi) is 6.17. The molecule has 0 unspecified atom stereocenters. The van der Waals surface area contributed by atoms with E-state index in [1.54, 1.807) is 0 Å². The second-order valence-electron chi connectivity index (χ2n) is 7.45.